The standard InChI is InChI=1S/C13H18N2O/c1-9(14)13(16)15-12-7-6-10-4-2-3-5-11(10)8-12/h2-5,9,12H,6-8,14H2,1H3,(H,15,16)/t9-,12?/m1/s1. The van der Waals surface area contributed by atoms with Gasteiger partial charge in [0.25, 0.3) is 0 Å². The van der Waals surface area contributed by atoms with E-state index in [1.54, 1.807) is 6.92 Å². The van der Waals surface area contributed by atoms with Crippen LogP contribution in [0.4, 0.5) is 0 Å². The van der Waals surface area contributed by atoms with Crippen molar-refractivity contribution in [1.82, 2.24) is 5.32 Å². The zero-order chi connectivity index (χ0) is 11.5. The van der Waals surface area contributed by atoms with E-state index >= 15 is 0 Å². The number of carbonyl (C=O) groups excluding carboxylic acids is 1. The molecule has 1 aromatic rings. The predicted molar refractivity (Wildman–Crippen MR) is 64.0 cm³/mol. The number of fused-ring (bicyclic) bond motifs is 1. The molecule has 0 aromatic heterocycles. The summed E-state index contributed by atoms with van der Waals surface area (Å²) in [7, 11) is 0. The van der Waals surface area contributed by atoms with Crippen molar-refractivity contribution >= 4 is 5.91 Å². The van der Waals surface area contributed by atoms with Gasteiger partial charge in [-0.1, -0.05) is 24.3 Å². The van der Waals surface area contributed by atoms with Crippen molar-refractivity contribution in [2.75, 3.05) is 0 Å². The number of nitrogens with two attached hydrogens (primary N) is 1. The van der Waals surface area contributed by atoms with Gasteiger partial charge in [-0.15, -0.1) is 0 Å². The molecule has 1 unspecified atom stereocenters. The minimum Gasteiger partial charge on any atom is -0.352 e. The smallest absolute Gasteiger partial charge is 0.236 e. The van der Waals surface area contributed by atoms with E-state index in [-0.39, 0.29) is 11.9 Å². The molecule has 0 fully saturated rings. The maximum Gasteiger partial charge on any atom is 0.236 e. The molecule has 3 N–H and O–H groups in total. The summed E-state index contributed by atoms with van der Waals surface area (Å²) in [5.41, 5.74) is 8.30. The van der Waals surface area contributed by atoms with Gasteiger partial charge in [-0.05, 0) is 37.3 Å². The van der Waals surface area contributed by atoms with Gasteiger partial charge in [0.15, 0.2) is 0 Å². The van der Waals surface area contributed by atoms with E-state index in [1.165, 1.54) is 11.1 Å². The first-order valence-corrected chi connectivity index (χ1v) is 5.79. The molecule has 0 saturated heterocycles. The fourth-order valence-electron chi connectivity index (χ4n) is 2.15. The van der Waals surface area contributed by atoms with Crippen molar-refractivity contribution in [3.8, 4) is 0 Å². The summed E-state index contributed by atoms with van der Waals surface area (Å²) < 4.78 is 0. The van der Waals surface area contributed by atoms with Gasteiger partial charge < -0.3 is 11.1 Å². The van der Waals surface area contributed by atoms with Crippen LogP contribution in [0.1, 0.15) is 24.5 Å². The van der Waals surface area contributed by atoms with Crippen LogP contribution >= 0.6 is 0 Å². The number of amides is 1. The molecule has 16 heavy (non-hydrogen) atoms. The summed E-state index contributed by atoms with van der Waals surface area (Å²) in [6.45, 7) is 1.71. The number of hydrogen-bond donors (Lipinski definition) is 2. The van der Waals surface area contributed by atoms with Crippen molar-refractivity contribution in [1.29, 1.82) is 0 Å². The van der Waals surface area contributed by atoms with Gasteiger partial charge in [-0.3, -0.25) is 4.79 Å². The summed E-state index contributed by atoms with van der Waals surface area (Å²) in [6, 6.07) is 8.25. The van der Waals surface area contributed by atoms with E-state index in [1.807, 2.05) is 0 Å². The third kappa shape index (κ3) is 2.42. The zero-order valence-electron chi connectivity index (χ0n) is 9.57. The van der Waals surface area contributed by atoms with Crippen molar-refractivity contribution in [2.45, 2.75) is 38.3 Å². The monoisotopic (exact) mass is 218 g/mol. The van der Waals surface area contributed by atoms with E-state index in [4.69, 9.17) is 5.73 Å². The fourth-order valence-corrected chi connectivity index (χ4v) is 2.15. The van der Waals surface area contributed by atoms with E-state index < -0.39 is 6.04 Å². The molecule has 1 amide bonds. The Balaban J connectivity index is 2.00. The number of benzene rings is 1. The Labute approximate surface area is 96.0 Å². The number of aryl methyl sites for hydroxylation is 1. The summed E-state index contributed by atoms with van der Waals surface area (Å²) in [6.07, 6.45) is 2.98. The lowest BCUT2D eigenvalue weighted by molar-refractivity contribution is -0.122. The number of rotatable bonds is 2. The normalized spacial score (nSPS) is 21.0. The highest BCUT2D eigenvalue weighted by Crippen LogP contribution is 2.20. The van der Waals surface area contributed by atoms with Crippen LogP contribution in [-0.4, -0.2) is 18.0 Å². The topological polar surface area (TPSA) is 55.1 Å². The first-order valence-electron chi connectivity index (χ1n) is 5.79. The Kier molecular flexibility index (Phi) is 3.25. The molecule has 2 rings (SSSR count). The predicted octanol–water partition coefficient (Wildman–Crippen LogP) is 1.01. The molecule has 1 aromatic carbocycles. The van der Waals surface area contributed by atoms with Crippen LogP contribution in [0.15, 0.2) is 24.3 Å². The molecule has 2 atom stereocenters. The summed E-state index contributed by atoms with van der Waals surface area (Å²) in [4.78, 5) is 11.5. The molecule has 0 radical (unpaired) electrons. The van der Waals surface area contributed by atoms with Crippen LogP contribution in [0.3, 0.4) is 0 Å². The highest BCUT2D eigenvalue weighted by atomic mass is 16.2. The first kappa shape index (κ1) is 11.1. The zero-order valence-corrected chi connectivity index (χ0v) is 9.57. The maximum absolute atomic E-state index is 11.5. The Morgan fingerprint density at radius 3 is 2.81 bits per heavy atom. The van der Waals surface area contributed by atoms with Gasteiger partial charge >= 0.3 is 0 Å². The van der Waals surface area contributed by atoms with E-state index in [0.717, 1.165) is 19.3 Å². The molecule has 3 nitrogen and oxygen atoms in total. The average molecular weight is 218 g/mol. The van der Waals surface area contributed by atoms with Crippen molar-refractivity contribution in [2.24, 2.45) is 5.73 Å². The second-order valence-electron chi connectivity index (χ2n) is 4.51. The van der Waals surface area contributed by atoms with Crippen LogP contribution in [0.2, 0.25) is 0 Å². The largest absolute Gasteiger partial charge is 0.352 e. The molecule has 86 valence electrons. The van der Waals surface area contributed by atoms with Crippen LogP contribution in [0, 0.1) is 0 Å². The molecule has 0 bridgehead atoms. The Hall–Kier alpha value is -1.35. The van der Waals surface area contributed by atoms with Gasteiger partial charge in [0.2, 0.25) is 5.91 Å². The van der Waals surface area contributed by atoms with Crippen molar-refractivity contribution < 1.29 is 4.79 Å². The van der Waals surface area contributed by atoms with Crippen LogP contribution < -0.4 is 11.1 Å². The summed E-state index contributed by atoms with van der Waals surface area (Å²) in [5.74, 6) is -0.0515. The lowest BCUT2D eigenvalue weighted by Crippen LogP contribution is -2.45. The maximum atomic E-state index is 11.5. The quantitative estimate of drug-likeness (QED) is 0.778. The lowest BCUT2D eigenvalue weighted by Gasteiger charge is -2.26. The molecule has 0 aliphatic heterocycles. The summed E-state index contributed by atoms with van der Waals surface area (Å²) in [5, 5.41) is 3.00. The third-order valence-corrected chi connectivity index (χ3v) is 3.11. The first-order chi connectivity index (χ1) is 7.66. The highest BCUT2D eigenvalue weighted by Gasteiger charge is 2.20. The average Bonchev–Trinajstić information content (AvgIpc) is 2.28. The molecule has 3 heteroatoms. The molecular formula is C13H18N2O. The second kappa shape index (κ2) is 4.66. The van der Waals surface area contributed by atoms with Gasteiger partial charge in [-0.2, -0.15) is 0 Å². The second-order valence-corrected chi connectivity index (χ2v) is 4.51. The van der Waals surface area contributed by atoms with Gasteiger partial charge in [0, 0.05) is 6.04 Å². The molecule has 0 saturated carbocycles. The van der Waals surface area contributed by atoms with Crippen LogP contribution in [0.25, 0.3) is 0 Å². The third-order valence-electron chi connectivity index (χ3n) is 3.11. The number of carbonyl (C=O) groups is 1. The fraction of sp³-hybridized carbons (Fsp3) is 0.462. The van der Waals surface area contributed by atoms with Crippen LogP contribution in [0.5, 0.6) is 0 Å². The van der Waals surface area contributed by atoms with Crippen molar-refractivity contribution in [3.05, 3.63) is 35.4 Å². The number of nitrogens with one attached hydrogen (secondary N) is 1. The molecule has 1 aliphatic carbocycles. The SMILES string of the molecule is C[C@@H](N)C(=O)NC1CCc2ccccc2C1. The van der Waals surface area contributed by atoms with Crippen LogP contribution in [-0.2, 0) is 17.6 Å². The van der Waals surface area contributed by atoms with E-state index in [0.29, 0.717) is 0 Å². The molecule has 1 aliphatic rings. The lowest BCUT2D eigenvalue weighted by atomic mass is 9.88. The minimum atomic E-state index is -0.419. The Morgan fingerprint density at radius 1 is 1.44 bits per heavy atom. The summed E-state index contributed by atoms with van der Waals surface area (Å²) >= 11 is 0. The minimum absolute atomic E-state index is 0.0515. The van der Waals surface area contributed by atoms with E-state index in [9.17, 15) is 4.79 Å². The Bertz CT molecular complexity index is 387. The van der Waals surface area contributed by atoms with Gasteiger partial charge in [0.1, 0.15) is 0 Å². The van der Waals surface area contributed by atoms with Gasteiger partial charge in [-0.25, -0.2) is 0 Å². The number of hydrogen-bond acceptors (Lipinski definition) is 2. The molecule has 0 heterocycles. The van der Waals surface area contributed by atoms with E-state index in [2.05, 4.69) is 29.6 Å². The molecule has 0 spiro atoms. The molecular weight excluding hydrogens is 200 g/mol. The Morgan fingerprint density at radius 2 is 2.12 bits per heavy atom. The highest BCUT2D eigenvalue weighted by molar-refractivity contribution is 5.81. The van der Waals surface area contributed by atoms with Gasteiger partial charge in [0.05, 0.1) is 6.04 Å². The van der Waals surface area contributed by atoms with Crippen molar-refractivity contribution in [3.63, 3.8) is 0 Å².